The predicted molar refractivity (Wildman–Crippen MR) is 81.8 cm³/mol. The number of methoxy groups -OCH3 is 1. The van der Waals surface area contributed by atoms with Crippen LogP contribution in [0, 0.1) is 0 Å². The summed E-state index contributed by atoms with van der Waals surface area (Å²) < 4.78 is 15.7. The van der Waals surface area contributed by atoms with Gasteiger partial charge in [-0.25, -0.2) is 0 Å². The van der Waals surface area contributed by atoms with E-state index >= 15 is 0 Å². The molecule has 1 aromatic rings. The third kappa shape index (κ3) is 5.02. The molecule has 1 heterocycles. The molecule has 1 aliphatic rings. The van der Waals surface area contributed by atoms with Crippen LogP contribution in [0.3, 0.4) is 0 Å². The monoisotopic (exact) mass is 295 g/mol. The van der Waals surface area contributed by atoms with Crippen LogP contribution in [0.2, 0.25) is 0 Å². The van der Waals surface area contributed by atoms with E-state index in [2.05, 4.69) is 0 Å². The lowest BCUT2D eigenvalue weighted by Crippen LogP contribution is -2.17. The average molecular weight is 295 g/mol. The Kier molecular flexibility index (Phi) is 7.79. The molecule has 118 valence electrons. The van der Waals surface area contributed by atoms with Crippen LogP contribution in [-0.4, -0.2) is 51.4 Å². The van der Waals surface area contributed by atoms with Crippen LogP contribution in [0.5, 0.6) is 5.75 Å². The second-order valence-corrected chi connectivity index (χ2v) is 4.43. The van der Waals surface area contributed by atoms with Crippen LogP contribution in [0.25, 0.3) is 0 Å². The largest absolute Gasteiger partial charge is 0.491 e. The molecule has 0 fully saturated rings. The zero-order valence-corrected chi connectivity index (χ0v) is 13.3. The van der Waals surface area contributed by atoms with E-state index in [1.165, 1.54) is 0 Å². The number of fused-ring (bicyclic) bond motifs is 1. The normalized spacial score (nSPS) is 12.8. The first-order chi connectivity index (χ1) is 10.2. The molecule has 5 heteroatoms. The summed E-state index contributed by atoms with van der Waals surface area (Å²) in [7, 11) is 3.44. The van der Waals surface area contributed by atoms with E-state index in [0.717, 1.165) is 11.1 Å². The molecule has 2 rings (SSSR count). The van der Waals surface area contributed by atoms with E-state index in [0.29, 0.717) is 38.7 Å². The van der Waals surface area contributed by atoms with Gasteiger partial charge in [0.15, 0.2) is 0 Å². The van der Waals surface area contributed by atoms with Crippen molar-refractivity contribution in [3.8, 4) is 5.75 Å². The first-order valence-electron chi connectivity index (χ1n) is 7.30. The number of rotatable bonds is 7. The van der Waals surface area contributed by atoms with Gasteiger partial charge in [-0.15, -0.1) is 0 Å². The Morgan fingerprint density at radius 2 is 1.86 bits per heavy atom. The van der Waals surface area contributed by atoms with Crippen LogP contribution in [0.4, 0.5) is 0 Å². The van der Waals surface area contributed by atoms with Crippen molar-refractivity contribution in [2.75, 3.05) is 40.6 Å². The molecule has 21 heavy (non-hydrogen) atoms. The van der Waals surface area contributed by atoms with E-state index in [1.54, 1.807) is 25.1 Å². The van der Waals surface area contributed by atoms with E-state index in [9.17, 15) is 4.79 Å². The minimum absolute atomic E-state index is 0.0526. The molecule has 1 amide bonds. The molecule has 0 bridgehead atoms. The zero-order chi connectivity index (χ0) is 15.7. The Labute approximate surface area is 126 Å². The minimum atomic E-state index is 0.0526. The average Bonchev–Trinajstić information content (AvgIpc) is 2.80. The SMILES string of the molecule is CC.COCCOCCOc1ccc2c(c1)C(=O)N(C)C2. The maximum absolute atomic E-state index is 11.8. The van der Waals surface area contributed by atoms with Gasteiger partial charge in [0.05, 0.1) is 19.8 Å². The number of hydrogen-bond donors (Lipinski definition) is 0. The van der Waals surface area contributed by atoms with Crippen LogP contribution < -0.4 is 4.74 Å². The molecule has 0 atom stereocenters. The van der Waals surface area contributed by atoms with Crippen LogP contribution in [0.1, 0.15) is 29.8 Å². The van der Waals surface area contributed by atoms with Crippen LogP contribution >= 0.6 is 0 Å². The lowest BCUT2D eigenvalue weighted by molar-refractivity contribution is 0.0544. The molecule has 1 aromatic carbocycles. The van der Waals surface area contributed by atoms with Crippen molar-refractivity contribution in [2.45, 2.75) is 20.4 Å². The Bertz CT molecular complexity index is 448. The van der Waals surface area contributed by atoms with Gasteiger partial charge in [-0.05, 0) is 17.7 Å². The molecule has 0 radical (unpaired) electrons. The summed E-state index contributed by atoms with van der Waals surface area (Å²) in [5, 5.41) is 0. The fraction of sp³-hybridized carbons (Fsp3) is 0.562. The highest BCUT2D eigenvalue weighted by Gasteiger charge is 2.24. The second-order valence-electron chi connectivity index (χ2n) is 4.43. The number of amides is 1. The first kappa shape index (κ1) is 17.5. The molecule has 0 saturated carbocycles. The quantitative estimate of drug-likeness (QED) is 0.724. The summed E-state index contributed by atoms with van der Waals surface area (Å²) in [6, 6.07) is 5.63. The summed E-state index contributed by atoms with van der Waals surface area (Å²) >= 11 is 0. The zero-order valence-electron chi connectivity index (χ0n) is 13.3. The highest BCUT2D eigenvalue weighted by atomic mass is 16.5. The second kappa shape index (κ2) is 9.37. The molecule has 0 saturated heterocycles. The van der Waals surface area contributed by atoms with Crippen molar-refractivity contribution >= 4 is 5.91 Å². The van der Waals surface area contributed by atoms with Gasteiger partial charge in [0.25, 0.3) is 5.91 Å². The van der Waals surface area contributed by atoms with E-state index in [1.807, 2.05) is 26.0 Å². The van der Waals surface area contributed by atoms with E-state index < -0.39 is 0 Å². The maximum Gasteiger partial charge on any atom is 0.254 e. The molecule has 0 aliphatic carbocycles. The summed E-state index contributed by atoms with van der Waals surface area (Å²) in [5.74, 6) is 0.759. The molecule has 0 N–H and O–H groups in total. The number of nitrogens with zero attached hydrogens (tertiary/aromatic N) is 1. The maximum atomic E-state index is 11.8. The number of ether oxygens (including phenoxy) is 3. The molecular weight excluding hydrogens is 270 g/mol. The van der Waals surface area contributed by atoms with Crippen molar-refractivity contribution in [1.29, 1.82) is 0 Å². The number of benzene rings is 1. The molecule has 0 aromatic heterocycles. The summed E-state index contributed by atoms with van der Waals surface area (Å²) in [4.78, 5) is 13.5. The fourth-order valence-electron chi connectivity index (χ4n) is 1.98. The van der Waals surface area contributed by atoms with Gasteiger partial charge in [0, 0.05) is 26.3 Å². The van der Waals surface area contributed by atoms with Crippen molar-refractivity contribution in [3.63, 3.8) is 0 Å². The Balaban J connectivity index is 0.00000106. The molecule has 5 nitrogen and oxygen atoms in total. The highest BCUT2D eigenvalue weighted by Crippen LogP contribution is 2.25. The smallest absolute Gasteiger partial charge is 0.254 e. The lowest BCUT2D eigenvalue weighted by atomic mass is 10.1. The van der Waals surface area contributed by atoms with Crippen molar-refractivity contribution in [3.05, 3.63) is 29.3 Å². The van der Waals surface area contributed by atoms with E-state index in [-0.39, 0.29) is 5.91 Å². The van der Waals surface area contributed by atoms with Crippen molar-refractivity contribution in [2.24, 2.45) is 0 Å². The van der Waals surface area contributed by atoms with Crippen LogP contribution in [0.15, 0.2) is 18.2 Å². The highest BCUT2D eigenvalue weighted by molar-refractivity contribution is 5.98. The summed E-state index contributed by atoms with van der Waals surface area (Å²) in [6.07, 6.45) is 0. The van der Waals surface area contributed by atoms with Gasteiger partial charge in [-0.1, -0.05) is 19.9 Å². The first-order valence-corrected chi connectivity index (χ1v) is 7.30. The number of carbonyl (C=O) groups is 1. The topological polar surface area (TPSA) is 48.0 Å². The summed E-state index contributed by atoms with van der Waals surface area (Å²) in [6.45, 7) is 6.79. The molecule has 0 spiro atoms. The molecule has 1 aliphatic heterocycles. The van der Waals surface area contributed by atoms with E-state index in [4.69, 9.17) is 14.2 Å². The minimum Gasteiger partial charge on any atom is -0.491 e. The number of hydrogen-bond acceptors (Lipinski definition) is 4. The molecule has 0 unspecified atom stereocenters. The Hall–Kier alpha value is -1.59. The Morgan fingerprint density at radius 1 is 1.14 bits per heavy atom. The van der Waals surface area contributed by atoms with Crippen molar-refractivity contribution in [1.82, 2.24) is 4.90 Å². The third-order valence-corrected chi connectivity index (χ3v) is 2.99. The molecular formula is C16H25NO4. The fourth-order valence-corrected chi connectivity index (χ4v) is 1.98. The predicted octanol–water partition coefficient (Wildman–Crippen LogP) is 2.34. The van der Waals surface area contributed by atoms with Gasteiger partial charge >= 0.3 is 0 Å². The lowest BCUT2D eigenvalue weighted by Gasteiger charge is -2.08. The number of carbonyl (C=O) groups excluding carboxylic acids is 1. The van der Waals surface area contributed by atoms with Gasteiger partial charge in [0.2, 0.25) is 0 Å². The van der Waals surface area contributed by atoms with Crippen LogP contribution in [-0.2, 0) is 16.0 Å². The van der Waals surface area contributed by atoms with Crippen molar-refractivity contribution < 1.29 is 19.0 Å². The van der Waals surface area contributed by atoms with Gasteiger partial charge in [0.1, 0.15) is 12.4 Å². The van der Waals surface area contributed by atoms with Gasteiger partial charge in [-0.3, -0.25) is 4.79 Å². The van der Waals surface area contributed by atoms with Gasteiger partial charge in [-0.2, -0.15) is 0 Å². The standard InChI is InChI=1S/C14H19NO4.C2H6/c1-15-10-11-3-4-12(9-13(11)14(15)16)19-8-7-18-6-5-17-2;1-2/h3-4,9H,5-8,10H2,1-2H3;1-2H3. The third-order valence-electron chi connectivity index (χ3n) is 2.99. The Morgan fingerprint density at radius 3 is 2.57 bits per heavy atom. The summed E-state index contributed by atoms with van der Waals surface area (Å²) in [5.41, 5.74) is 1.79. The van der Waals surface area contributed by atoms with Gasteiger partial charge < -0.3 is 19.1 Å².